The predicted molar refractivity (Wildman–Crippen MR) is 134 cm³/mol. The molecule has 0 fully saturated rings. The van der Waals surface area contributed by atoms with Crippen molar-refractivity contribution in [2.45, 2.75) is 32.8 Å². The maximum absolute atomic E-state index is 13.2. The summed E-state index contributed by atoms with van der Waals surface area (Å²) < 4.78 is 12.5. The van der Waals surface area contributed by atoms with Crippen LogP contribution in [0.25, 0.3) is 10.9 Å². The monoisotopic (exact) mass is 594 g/mol. The summed E-state index contributed by atoms with van der Waals surface area (Å²) >= 11 is 6.60. The summed E-state index contributed by atoms with van der Waals surface area (Å²) in [6.45, 7) is 5.15. The van der Waals surface area contributed by atoms with Crippen LogP contribution in [-0.2, 0) is 9.53 Å². The summed E-state index contributed by atoms with van der Waals surface area (Å²) in [5.41, 5.74) is -0.0881. The van der Waals surface area contributed by atoms with Crippen LogP contribution in [0.2, 0.25) is 0 Å². The number of fused-ring (bicyclic) bond motifs is 1. The van der Waals surface area contributed by atoms with E-state index >= 15 is 0 Å². The SMILES string of the molecule is COC(=O)[C@@H](C)Oc1c(C=Nn2c(C(C)C)nc3ccc(Br)cc3c2=O)cc(Br)cc1[N+](=O)[O-]. The quantitative estimate of drug-likeness (QED) is 0.166. The Morgan fingerprint density at radius 2 is 1.91 bits per heavy atom. The Hall–Kier alpha value is -3.12. The van der Waals surface area contributed by atoms with E-state index < -0.39 is 22.6 Å². The fourth-order valence-electron chi connectivity index (χ4n) is 3.12. The minimum atomic E-state index is -1.12. The number of halogens is 2. The zero-order valence-electron chi connectivity index (χ0n) is 18.6. The van der Waals surface area contributed by atoms with Gasteiger partial charge in [-0.1, -0.05) is 45.7 Å². The smallest absolute Gasteiger partial charge is 0.346 e. The van der Waals surface area contributed by atoms with Crippen molar-refractivity contribution in [3.8, 4) is 5.75 Å². The molecule has 1 aromatic heterocycles. The van der Waals surface area contributed by atoms with Gasteiger partial charge < -0.3 is 9.47 Å². The van der Waals surface area contributed by atoms with Crippen molar-refractivity contribution in [2.75, 3.05) is 7.11 Å². The normalized spacial score (nSPS) is 12.3. The van der Waals surface area contributed by atoms with Crippen LogP contribution in [0.1, 0.15) is 38.1 Å². The average Bonchev–Trinajstić information content (AvgIpc) is 2.78. The highest BCUT2D eigenvalue weighted by Crippen LogP contribution is 2.35. The minimum absolute atomic E-state index is 0.148. The Morgan fingerprint density at radius 1 is 1.21 bits per heavy atom. The fraction of sp³-hybridized carbons (Fsp3) is 0.273. The third-order valence-electron chi connectivity index (χ3n) is 4.75. The van der Waals surface area contributed by atoms with Gasteiger partial charge in [0.15, 0.2) is 6.10 Å². The van der Waals surface area contributed by atoms with Crippen molar-refractivity contribution in [1.29, 1.82) is 0 Å². The van der Waals surface area contributed by atoms with Gasteiger partial charge in [-0.3, -0.25) is 14.9 Å². The van der Waals surface area contributed by atoms with Crippen molar-refractivity contribution in [1.82, 2.24) is 9.66 Å². The van der Waals surface area contributed by atoms with Crippen molar-refractivity contribution in [3.63, 3.8) is 0 Å². The highest BCUT2D eigenvalue weighted by atomic mass is 79.9. The molecule has 0 N–H and O–H groups in total. The molecule has 2 aromatic carbocycles. The first kappa shape index (κ1) is 25.5. The number of hydrogen-bond donors (Lipinski definition) is 0. The highest BCUT2D eigenvalue weighted by molar-refractivity contribution is 9.10. The number of rotatable bonds is 7. The molecular formula is C22H20Br2N4O6. The van der Waals surface area contributed by atoms with Gasteiger partial charge in [0.05, 0.1) is 29.2 Å². The molecule has 3 aromatic rings. The van der Waals surface area contributed by atoms with Crippen LogP contribution in [0.3, 0.4) is 0 Å². The summed E-state index contributed by atoms with van der Waals surface area (Å²) in [7, 11) is 1.19. The molecule has 34 heavy (non-hydrogen) atoms. The van der Waals surface area contributed by atoms with Crippen LogP contribution in [0.15, 0.2) is 49.2 Å². The molecule has 0 spiro atoms. The fourth-order valence-corrected chi connectivity index (χ4v) is 3.95. The summed E-state index contributed by atoms with van der Waals surface area (Å²) in [4.78, 5) is 40.7. The Balaban J connectivity index is 2.22. The summed E-state index contributed by atoms with van der Waals surface area (Å²) in [5.74, 6) is -0.635. The van der Waals surface area contributed by atoms with E-state index in [1.54, 1.807) is 18.2 Å². The van der Waals surface area contributed by atoms with Gasteiger partial charge in [-0.2, -0.15) is 9.78 Å². The predicted octanol–water partition coefficient (Wildman–Crippen LogP) is 4.78. The molecule has 1 atom stereocenters. The van der Waals surface area contributed by atoms with Gasteiger partial charge in [0.2, 0.25) is 5.75 Å². The standard InChI is InChI=1S/C22H20Br2N4O6/c1-11(2)20-26-17-6-5-14(23)8-16(17)21(29)27(20)25-10-13-7-15(24)9-18(28(31)32)19(13)34-12(3)22(30)33-4/h5-12H,1-4H3/t12-/m1/s1. The van der Waals surface area contributed by atoms with E-state index in [0.717, 1.165) is 4.68 Å². The second-order valence-corrected chi connectivity index (χ2v) is 9.36. The number of carbonyl (C=O) groups is 1. The van der Waals surface area contributed by atoms with E-state index in [1.165, 1.54) is 32.4 Å². The third-order valence-corrected chi connectivity index (χ3v) is 5.70. The van der Waals surface area contributed by atoms with Crippen LogP contribution in [0.4, 0.5) is 5.69 Å². The first-order chi connectivity index (χ1) is 16.0. The number of hydrogen-bond acceptors (Lipinski definition) is 8. The van der Waals surface area contributed by atoms with E-state index in [4.69, 9.17) is 4.74 Å². The third kappa shape index (κ3) is 5.33. The number of ether oxygens (including phenoxy) is 2. The maximum atomic E-state index is 13.2. The molecule has 0 saturated heterocycles. The van der Waals surface area contributed by atoms with Gasteiger partial charge in [-0.25, -0.2) is 9.78 Å². The number of nitrogens with zero attached hydrogens (tertiary/aromatic N) is 4. The molecule has 0 saturated carbocycles. The van der Waals surface area contributed by atoms with E-state index in [-0.39, 0.29) is 22.9 Å². The first-order valence-corrected chi connectivity index (χ1v) is 11.6. The molecule has 10 nitrogen and oxygen atoms in total. The van der Waals surface area contributed by atoms with Gasteiger partial charge in [-0.05, 0) is 31.2 Å². The minimum Gasteiger partial charge on any atom is -0.471 e. The molecule has 12 heteroatoms. The van der Waals surface area contributed by atoms with Crippen LogP contribution in [0.5, 0.6) is 5.75 Å². The molecule has 0 amide bonds. The number of carbonyl (C=O) groups excluding carboxylic acids is 1. The van der Waals surface area contributed by atoms with Gasteiger partial charge in [-0.15, -0.1) is 0 Å². The molecule has 0 aliphatic rings. The van der Waals surface area contributed by atoms with Crippen molar-refractivity contribution >= 4 is 60.6 Å². The molecule has 1 heterocycles. The molecule has 3 rings (SSSR count). The lowest BCUT2D eigenvalue weighted by Gasteiger charge is -2.15. The number of aromatic nitrogens is 2. The van der Waals surface area contributed by atoms with Crippen LogP contribution in [-0.4, -0.2) is 40.0 Å². The number of benzene rings is 2. The lowest BCUT2D eigenvalue weighted by molar-refractivity contribution is -0.386. The molecule has 0 unspecified atom stereocenters. The van der Waals surface area contributed by atoms with Gasteiger partial charge in [0.25, 0.3) is 5.56 Å². The average molecular weight is 596 g/mol. The van der Waals surface area contributed by atoms with E-state index in [2.05, 4.69) is 46.7 Å². The molecule has 0 radical (unpaired) electrons. The zero-order chi connectivity index (χ0) is 25.2. The molecule has 0 aliphatic carbocycles. The van der Waals surface area contributed by atoms with Crippen molar-refractivity contribution < 1.29 is 19.2 Å². The first-order valence-electron chi connectivity index (χ1n) is 10.0. The van der Waals surface area contributed by atoms with Gasteiger partial charge in [0.1, 0.15) is 5.82 Å². The zero-order valence-corrected chi connectivity index (χ0v) is 21.8. The Kier molecular flexibility index (Phi) is 7.82. The summed E-state index contributed by atoms with van der Waals surface area (Å²) in [6, 6.07) is 7.95. The molecule has 178 valence electrons. The van der Waals surface area contributed by atoms with Crippen LogP contribution < -0.4 is 10.3 Å². The van der Waals surface area contributed by atoms with E-state index in [9.17, 15) is 19.7 Å². The molecule has 0 aliphatic heterocycles. The van der Waals surface area contributed by atoms with Crippen molar-refractivity contribution in [2.24, 2.45) is 5.10 Å². The van der Waals surface area contributed by atoms with Crippen molar-refractivity contribution in [3.05, 3.63) is 71.1 Å². The van der Waals surface area contributed by atoms with Crippen LogP contribution in [0, 0.1) is 10.1 Å². The Bertz CT molecular complexity index is 1370. The Labute approximate surface area is 211 Å². The van der Waals surface area contributed by atoms with Gasteiger partial charge in [0, 0.05) is 26.5 Å². The Morgan fingerprint density at radius 3 is 2.53 bits per heavy atom. The second kappa shape index (κ2) is 10.4. The summed E-state index contributed by atoms with van der Waals surface area (Å²) in [5, 5.41) is 16.3. The highest BCUT2D eigenvalue weighted by Gasteiger charge is 2.25. The number of nitro groups is 1. The second-order valence-electron chi connectivity index (χ2n) is 7.53. The lowest BCUT2D eigenvalue weighted by atomic mass is 10.1. The number of esters is 1. The number of methoxy groups -OCH3 is 1. The maximum Gasteiger partial charge on any atom is 0.346 e. The topological polar surface area (TPSA) is 126 Å². The van der Waals surface area contributed by atoms with E-state index in [1.807, 2.05) is 13.8 Å². The van der Waals surface area contributed by atoms with Crippen LogP contribution >= 0.6 is 31.9 Å². The largest absolute Gasteiger partial charge is 0.471 e. The van der Waals surface area contributed by atoms with E-state index in [0.29, 0.717) is 25.7 Å². The number of nitro benzene ring substituents is 1. The lowest BCUT2D eigenvalue weighted by Crippen LogP contribution is -2.26. The molecule has 0 bridgehead atoms. The molecular weight excluding hydrogens is 576 g/mol. The van der Waals surface area contributed by atoms with Gasteiger partial charge >= 0.3 is 11.7 Å². The summed E-state index contributed by atoms with van der Waals surface area (Å²) in [6.07, 6.45) is 0.140.